The summed E-state index contributed by atoms with van der Waals surface area (Å²) in [6.45, 7) is 1.86. The van der Waals surface area contributed by atoms with Crippen molar-refractivity contribution in [2.45, 2.75) is 6.92 Å². The van der Waals surface area contributed by atoms with Crippen LogP contribution in [0.3, 0.4) is 0 Å². The fourth-order valence-electron chi connectivity index (χ4n) is 3.26. The summed E-state index contributed by atoms with van der Waals surface area (Å²) in [7, 11) is 1.63. The monoisotopic (exact) mass is 404 g/mol. The van der Waals surface area contributed by atoms with Gasteiger partial charge in [-0.1, -0.05) is 30.3 Å². The van der Waals surface area contributed by atoms with Crippen LogP contribution in [-0.4, -0.2) is 27.6 Å². The highest BCUT2D eigenvalue weighted by molar-refractivity contribution is 7.15. The number of aryl methyl sites for hydroxylation is 1. The molecule has 5 rings (SSSR count). The fraction of sp³-hybridized carbons (Fsp3) is 0.0952. The zero-order valence-corrected chi connectivity index (χ0v) is 16.5. The number of furan rings is 1. The van der Waals surface area contributed by atoms with E-state index in [4.69, 9.17) is 9.15 Å². The van der Waals surface area contributed by atoms with Crippen LogP contribution in [-0.2, 0) is 0 Å². The van der Waals surface area contributed by atoms with Crippen molar-refractivity contribution in [2.24, 2.45) is 0 Å². The van der Waals surface area contributed by atoms with Crippen molar-refractivity contribution in [2.75, 3.05) is 12.4 Å². The summed E-state index contributed by atoms with van der Waals surface area (Å²) in [4.78, 5) is 17.8. The maximum atomic E-state index is 12.7. The number of hydrogen-bond donors (Lipinski definition) is 1. The quantitative estimate of drug-likeness (QED) is 0.466. The number of carbonyl (C=O) groups is 1. The molecular formula is C21H16N4O3S. The number of fused-ring (bicyclic) bond motifs is 2. The van der Waals surface area contributed by atoms with Gasteiger partial charge in [0.15, 0.2) is 5.76 Å². The highest BCUT2D eigenvalue weighted by Crippen LogP contribution is 2.29. The Balaban J connectivity index is 1.47. The minimum Gasteiger partial charge on any atom is -0.497 e. The SMILES string of the molecule is COc1cccc(-c2csc3nc(NC(=O)c4oc5ccccc5c4C)nn23)c1. The van der Waals surface area contributed by atoms with Gasteiger partial charge in [-0.05, 0) is 25.1 Å². The van der Waals surface area contributed by atoms with Crippen LogP contribution >= 0.6 is 11.3 Å². The molecule has 7 nitrogen and oxygen atoms in total. The van der Waals surface area contributed by atoms with Gasteiger partial charge in [-0.15, -0.1) is 16.4 Å². The second-order valence-electron chi connectivity index (χ2n) is 6.49. The summed E-state index contributed by atoms with van der Waals surface area (Å²) in [6, 6.07) is 15.3. The van der Waals surface area contributed by atoms with Crippen molar-refractivity contribution in [1.29, 1.82) is 0 Å². The molecule has 29 heavy (non-hydrogen) atoms. The van der Waals surface area contributed by atoms with E-state index in [0.717, 1.165) is 28.0 Å². The molecule has 3 aromatic heterocycles. The Morgan fingerprint density at radius 3 is 2.90 bits per heavy atom. The van der Waals surface area contributed by atoms with Crippen molar-refractivity contribution >= 4 is 39.1 Å². The standard InChI is InChI=1S/C21H16N4O3S/c1-12-15-8-3-4-9-17(15)28-18(12)19(26)22-20-23-21-25(24-20)16(11-29-21)13-6-5-7-14(10-13)27-2/h3-11H,1-2H3,(H,22,24,26). The minimum absolute atomic E-state index is 0.228. The van der Waals surface area contributed by atoms with Crippen molar-refractivity contribution in [3.05, 3.63) is 65.2 Å². The normalized spacial score (nSPS) is 11.2. The number of carbonyl (C=O) groups excluding carboxylic acids is 1. The van der Waals surface area contributed by atoms with Crippen LogP contribution < -0.4 is 10.1 Å². The molecule has 0 aliphatic heterocycles. The third kappa shape index (κ3) is 2.94. The molecular weight excluding hydrogens is 388 g/mol. The molecule has 0 atom stereocenters. The summed E-state index contributed by atoms with van der Waals surface area (Å²) in [5.74, 6) is 0.874. The van der Waals surface area contributed by atoms with E-state index in [2.05, 4.69) is 15.4 Å². The Bertz CT molecular complexity index is 1370. The molecule has 0 fully saturated rings. The van der Waals surface area contributed by atoms with Crippen molar-refractivity contribution < 1.29 is 13.9 Å². The second kappa shape index (κ2) is 6.75. The zero-order valence-electron chi connectivity index (χ0n) is 15.7. The van der Waals surface area contributed by atoms with E-state index in [1.165, 1.54) is 11.3 Å². The number of nitrogens with zero attached hydrogens (tertiary/aromatic N) is 3. The van der Waals surface area contributed by atoms with E-state index >= 15 is 0 Å². The van der Waals surface area contributed by atoms with Crippen LogP contribution in [0.2, 0.25) is 0 Å². The van der Waals surface area contributed by atoms with Gasteiger partial charge >= 0.3 is 0 Å². The minimum atomic E-state index is -0.375. The summed E-state index contributed by atoms with van der Waals surface area (Å²) in [6.07, 6.45) is 0. The maximum absolute atomic E-state index is 12.7. The Morgan fingerprint density at radius 2 is 2.07 bits per heavy atom. The summed E-state index contributed by atoms with van der Waals surface area (Å²) < 4.78 is 12.7. The Hall–Kier alpha value is -3.65. The second-order valence-corrected chi connectivity index (χ2v) is 7.33. The smallest absolute Gasteiger partial charge is 0.294 e. The number of aromatic nitrogens is 3. The third-order valence-corrected chi connectivity index (χ3v) is 5.54. The van der Waals surface area contributed by atoms with Gasteiger partial charge in [0, 0.05) is 21.9 Å². The summed E-state index contributed by atoms with van der Waals surface area (Å²) in [5, 5.41) is 10.1. The third-order valence-electron chi connectivity index (χ3n) is 4.72. The molecule has 0 saturated carbocycles. The lowest BCUT2D eigenvalue weighted by molar-refractivity contribution is 0.0997. The molecule has 3 heterocycles. The number of anilines is 1. The molecule has 0 saturated heterocycles. The lowest BCUT2D eigenvalue weighted by atomic mass is 10.1. The largest absolute Gasteiger partial charge is 0.497 e. The summed E-state index contributed by atoms with van der Waals surface area (Å²) in [5.41, 5.74) is 3.29. The summed E-state index contributed by atoms with van der Waals surface area (Å²) >= 11 is 1.45. The highest BCUT2D eigenvalue weighted by atomic mass is 32.1. The molecule has 8 heteroatoms. The van der Waals surface area contributed by atoms with E-state index in [1.807, 2.05) is 60.8 Å². The molecule has 144 valence electrons. The number of nitrogens with one attached hydrogen (secondary N) is 1. The van der Waals surface area contributed by atoms with E-state index < -0.39 is 0 Å². The van der Waals surface area contributed by atoms with Crippen LogP contribution in [0.15, 0.2) is 58.3 Å². The number of methoxy groups -OCH3 is 1. The number of benzene rings is 2. The molecule has 1 amide bonds. The molecule has 0 aliphatic carbocycles. The van der Waals surface area contributed by atoms with E-state index in [0.29, 0.717) is 10.5 Å². The molecule has 0 spiro atoms. The molecule has 5 aromatic rings. The fourth-order valence-corrected chi connectivity index (χ4v) is 4.10. The average Bonchev–Trinajstić information content (AvgIpc) is 3.41. The van der Waals surface area contributed by atoms with Gasteiger partial charge in [0.05, 0.1) is 12.8 Å². The first-order chi connectivity index (χ1) is 14.1. The predicted octanol–water partition coefficient (Wildman–Crippen LogP) is 4.77. The van der Waals surface area contributed by atoms with Gasteiger partial charge < -0.3 is 9.15 Å². The molecule has 1 N–H and O–H groups in total. The number of ether oxygens (including phenoxy) is 1. The van der Waals surface area contributed by atoms with Gasteiger partial charge in [0.1, 0.15) is 11.3 Å². The lowest BCUT2D eigenvalue weighted by Gasteiger charge is -2.03. The van der Waals surface area contributed by atoms with Crippen molar-refractivity contribution in [3.63, 3.8) is 0 Å². The van der Waals surface area contributed by atoms with E-state index in [9.17, 15) is 4.79 Å². The van der Waals surface area contributed by atoms with Crippen molar-refractivity contribution in [3.8, 4) is 17.0 Å². The van der Waals surface area contributed by atoms with Gasteiger partial charge in [0.25, 0.3) is 11.9 Å². The van der Waals surface area contributed by atoms with E-state index in [1.54, 1.807) is 11.6 Å². The molecule has 2 aromatic carbocycles. The molecule has 0 aliphatic rings. The number of amides is 1. The van der Waals surface area contributed by atoms with Gasteiger partial charge in [-0.2, -0.15) is 4.98 Å². The number of thiazole rings is 1. The molecule has 0 unspecified atom stereocenters. The van der Waals surface area contributed by atoms with Crippen LogP contribution in [0.1, 0.15) is 16.1 Å². The van der Waals surface area contributed by atoms with Crippen LogP contribution in [0.25, 0.3) is 27.2 Å². The Kier molecular flexibility index (Phi) is 4.06. The lowest BCUT2D eigenvalue weighted by Crippen LogP contribution is -2.13. The van der Waals surface area contributed by atoms with Crippen LogP contribution in [0.5, 0.6) is 5.75 Å². The number of hydrogen-bond acceptors (Lipinski definition) is 6. The number of para-hydroxylation sites is 1. The average molecular weight is 404 g/mol. The predicted molar refractivity (Wildman–Crippen MR) is 112 cm³/mol. The zero-order chi connectivity index (χ0) is 20.0. The first-order valence-corrected chi connectivity index (χ1v) is 9.80. The van der Waals surface area contributed by atoms with E-state index in [-0.39, 0.29) is 17.6 Å². The first kappa shape index (κ1) is 17.4. The molecule has 0 radical (unpaired) electrons. The van der Waals surface area contributed by atoms with Gasteiger partial charge in [0.2, 0.25) is 4.96 Å². The highest BCUT2D eigenvalue weighted by Gasteiger charge is 2.20. The Labute approximate surface area is 169 Å². The number of rotatable bonds is 4. The van der Waals surface area contributed by atoms with Crippen LogP contribution in [0.4, 0.5) is 5.95 Å². The maximum Gasteiger partial charge on any atom is 0.294 e. The van der Waals surface area contributed by atoms with Gasteiger partial charge in [-0.3, -0.25) is 10.1 Å². The van der Waals surface area contributed by atoms with Crippen molar-refractivity contribution in [1.82, 2.24) is 14.6 Å². The van der Waals surface area contributed by atoms with Gasteiger partial charge in [-0.25, -0.2) is 4.52 Å². The van der Waals surface area contributed by atoms with Crippen LogP contribution in [0, 0.1) is 6.92 Å². The first-order valence-electron chi connectivity index (χ1n) is 8.92. The Morgan fingerprint density at radius 1 is 1.21 bits per heavy atom. The topological polar surface area (TPSA) is 81.7 Å². The molecule has 0 bridgehead atoms.